The van der Waals surface area contributed by atoms with Gasteiger partial charge in [0.2, 0.25) is 0 Å². The van der Waals surface area contributed by atoms with E-state index in [0.29, 0.717) is 12.1 Å². The second-order valence-corrected chi connectivity index (χ2v) is 6.42. The number of aromatic nitrogens is 1. The number of thioether (sulfide) groups is 1. The molecule has 1 aromatic heterocycles. The summed E-state index contributed by atoms with van der Waals surface area (Å²) in [4.78, 5) is 19.2. The molecule has 1 amide bonds. The second-order valence-electron chi connectivity index (χ2n) is 5.63. The van der Waals surface area contributed by atoms with E-state index in [-0.39, 0.29) is 17.8 Å². The Labute approximate surface area is 139 Å². The van der Waals surface area contributed by atoms with E-state index >= 15 is 0 Å². The molecule has 1 atom stereocenters. The van der Waals surface area contributed by atoms with Crippen LogP contribution in [0.4, 0.5) is 4.39 Å². The number of amides is 1. The normalized spacial score (nSPS) is 18.0. The Hall–Kier alpha value is -1.88. The minimum atomic E-state index is -0.258. The molecule has 0 N–H and O–H groups in total. The number of piperidine rings is 1. The van der Waals surface area contributed by atoms with E-state index in [1.54, 1.807) is 18.3 Å². The van der Waals surface area contributed by atoms with Gasteiger partial charge < -0.3 is 4.90 Å². The zero-order valence-electron chi connectivity index (χ0n) is 13.0. The zero-order chi connectivity index (χ0) is 16.2. The van der Waals surface area contributed by atoms with Crippen molar-refractivity contribution in [2.75, 3.05) is 12.8 Å². The molecule has 0 saturated carbocycles. The van der Waals surface area contributed by atoms with Crippen molar-refractivity contribution >= 4 is 17.7 Å². The molecule has 1 aromatic carbocycles. The third kappa shape index (κ3) is 3.39. The molecule has 0 radical (unpaired) electrons. The van der Waals surface area contributed by atoms with Gasteiger partial charge in [-0.15, -0.1) is 11.8 Å². The van der Waals surface area contributed by atoms with Gasteiger partial charge in [-0.2, -0.15) is 0 Å². The van der Waals surface area contributed by atoms with Crippen LogP contribution in [-0.2, 0) is 0 Å². The summed E-state index contributed by atoms with van der Waals surface area (Å²) in [5.41, 5.74) is 1.50. The standard InChI is InChI=1S/C18H19FN2OS/c1-23-17-15(8-5-10-20-17)18(22)21-11-3-2-9-16(21)13-6-4-7-14(19)12-13/h4-8,10,12,16H,2-3,9,11H2,1H3/t16-/m1/s1. The van der Waals surface area contributed by atoms with Gasteiger partial charge in [-0.05, 0) is 55.3 Å². The Kier molecular flexibility index (Phi) is 4.96. The molecule has 0 bridgehead atoms. The molecule has 23 heavy (non-hydrogen) atoms. The molecule has 0 aliphatic carbocycles. The van der Waals surface area contributed by atoms with E-state index in [4.69, 9.17) is 0 Å². The molecule has 2 heterocycles. The number of carbonyl (C=O) groups is 1. The summed E-state index contributed by atoms with van der Waals surface area (Å²) in [6, 6.07) is 10.1. The van der Waals surface area contributed by atoms with Crippen LogP contribution < -0.4 is 0 Å². The van der Waals surface area contributed by atoms with Gasteiger partial charge in [-0.3, -0.25) is 4.79 Å². The Morgan fingerprint density at radius 2 is 2.17 bits per heavy atom. The number of nitrogens with zero attached hydrogens (tertiary/aromatic N) is 2. The van der Waals surface area contributed by atoms with Crippen molar-refractivity contribution in [1.82, 2.24) is 9.88 Å². The molecular formula is C18H19FN2OS. The second kappa shape index (κ2) is 7.13. The number of pyridine rings is 1. The zero-order valence-corrected chi connectivity index (χ0v) is 13.9. The van der Waals surface area contributed by atoms with Crippen LogP contribution in [0.1, 0.15) is 41.2 Å². The first-order valence-corrected chi connectivity index (χ1v) is 8.98. The Morgan fingerprint density at radius 1 is 1.30 bits per heavy atom. The molecule has 1 aliphatic rings. The van der Waals surface area contributed by atoms with Crippen LogP contribution in [0.15, 0.2) is 47.6 Å². The van der Waals surface area contributed by atoms with Crippen LogP contribution in [0.2, 0.25) is 0 Å². The summed E-state index contributed by atoms with van der Waals surface area (Å²) in [6.07, 6.45) is 6.51. The first-order chi connectivity index (χ1) is 11.2. The van der Waals surface area contributed by atoms with Gasteiger partial charge in [-0.25, -0.2) is 9.37 Å². The van der Waals surface area contributed by atoms with Gasteiger partial charge in [0.05, 0.1) is 11.6 Å². The number of hydrogen-bond donors (Lipinski definition) is 0. The van der Waals surface area contributed by atoms with Gasteiger partial charge in [0, 0.05) is 12.7 Å². The molecule has 1 aliphatic heterocycles. The van der Waals surface area contributed by atoms with E-state index in [2.05, 4.69) is 4.98 Å². The maximum absolute atomic E-state index is 13.6. The number of carbonyl (C=O) groups excluding carboxylic acids is 1. The molecule has 1 saturated heterocycles. The van der Waals surface area contributed by atoms with Crippen molar-refractivity contribution < 1.29 is 9.18 Å². The average molecular weight is 330 g/mol. The molecule has 3 nitrogen and oxygen atoms in total. The van der Waals surface area contributed by atoms with Crippen LogP contribution in [0.3, 0.4) is 0 Å². The molecule has 0 unspecified atom stereocenters. The van der Waals surface area contributed by atoms with Gasteiger partial charge in [-0.1, -0.05) is 12.1 Å². The summed E-state index contributed by atoms with van der Waals surface area (Å²) in [7, 11) is 0. The lowest BCUT2D eigenvalue weighted by Gasteiger charge is -2.36. The molecule has 0 spiro atoms. The van der Waals surface area contributed by atoms with Gasteiger partial charge >= 0.3 is 0 Å². The number of rotatable bonds is 3. The fourth-order valence-corrected chi connectivity index (χ4v) is 3.65. The van der Waals surface area contributed by atoms with Gasteiger partial charge in [0.1, 0.15) is 10.8 Å². The fourth-order valence-electron chi connectivity index (χ4n) is 3.11. The monoisotopic (exact) mass is 330 g/mol. The lowest BCUT2D eigenvalue weighted by atomic mass is 9.94. The van der Waals surface area contributed by atoms with Crippen LogP contribution >= 0.6 is 11.8 Å². The predicted molar refractivity (Wildman–Crippen MR) is 90.0 cm³/mol. The summed E-state index contributed by atoms with van der Waals surface area (Å²) < 4.78 is 13.6. The number of benzene rings is 1. The van der Waals surface area contributed by atoms with E-state index in [0.717, 1.165) is 29.9 Å². The molecule has 120 valence electrons. The smallest absolute Gasteiger partial charge is 0.257 e. The van der Waals surface area contributed by atoms with Crippen molar-refractivity contribution in [2.45, 2.75) is 30.3 Å². The average Bonchev–Trinajstić information content (AvgIpc) is 2.61. The lowest BCUT2D eigenvalue weighted by Crippen LogP contribution is -2.38. The van der Waals surface area contributed by atoms with E-state index < -0.39 is 0 Å². The first-order valence-electron chi connectivity index (χ1n) is 7.76. The maximum Gasteiger partial charge on any atom is 0.257 e. The summed E-state index contributed by atoms with van der Waals surface area (Å²) in [5.74, 6) is -0.275. The third-order valence-electron chi connectivity index (χ3n) is 4.19. The largest absolute Gasteiger partial charge is 0.332 e. The van der Waals surface area contributed by atoms with E-state index in [1.807, 2.05) is 23.3 Å². The third-order valence-corrected chi connectivity index (χ3v) is 4.90. The SMILES string of the molecule is CSc1ncccc1C(=O)N1CCCC[C@@H]1c1cccc(F)c1. The van der Waals surface area contributed by atoms with Crippen LogP contribution in [0, 0.1) is 5.82 Å². The highest BCUT2D eigenvalue weighted by atomic mass is 32.2. The van der Waals surface area contributed by atoms with E-state index in [9.17, 15) is 9.18 Å². The maximum atomic E-state index is 13.6. The fraction of sp³-hybridized carbons (Fsp3) is 0.333. The van der Waals surface area contributed by atoms with Crippen molar-refractivity contribution in [2.24, 2.45) is 0 Å². The quantitative estimate of drug-likeness (QED) is 0.786. The predicted octanol–water partition coefficient (Wildman–Crippen LogP) is 4.31. The Bertz CT molecular complexity index is 707. The highest BCUT2D eigenvalue weighted by Gasteiger charge is 2.30. The topological polar surface area (TPSA) is 33.2 Å². The van der Waals surface area contributed by atoms with Crippen LogP contribution in [0.25, 0.3) is 0 Å². The van der Waals surface area contributed by atoms with Crippen molar-refractivity contribution in [3.8, 4) is 0 Å². The van der Waals surface area contributed by atoms with Crippen molar-refractivity contribution in [3.63, 3.8) is 0 Å². The Balaban J connectivity index is 1.93. The highest BCUT2D eigenvalue weighted by Crippen LogP contribution is 2.33. The molecule has 5 heteroatoms. The molecule has 2 aromatic rings. The first kappa shape index (κ1) is 16.0. The van der Waals surface area contributed by atoms with Crippen LogP contribution in [0.5, 0.6) is 0 Å². The van der Waals surface area contributed by atoms with Crippen molar-refractivity contribution in [1.29, 1.82) is 0 Å². The van der Waals surface area contributed by atoms with Gasteiger partial charge in [0.15, 0.2) is 0 Å². The molecule has 3 rings (SSSR count). The highest BCUT2D eigenvalue weighted by molar-refractivity contribution is 7.98. The molecule has 1 fully saturated rings. The van der Waals surface area contributed by atoms with Crippen molar-refractivity contribution in [3.05, 3.63) is 59.5 Å². The van der Waals surface area contributed by atoms with Gasteiger partial charge in [0.25, 0.3) is 5.91 Å². The summed E-state index contributed by atoms with van der Waals surface area (Å²) in [6.45, 7) is 0.697. The number of likely N-dealkylation sites (tertiary alicyclic amines) is 1. The summed E-state index contributed by atoms with van der Waals surface area (Å²) >= 11 is 1.47. The Morgan fingerprint density at radius 3 is 2.96 bits per heavy atom. The number of hydrogen-bond acceptors (Lipinski definition) is 3. The van der Waals surface area contributed by atoms with E-state index in [1.165, 1.54) is 23.9 Å². The van der Waals surface area contributed by atoms with Crippen LogP contribution in [-0.4, -0.2) is 28.6 Å². The molecular weight excluding hydrogens is 311 g/mol. The number of halogens is 1. The summed E-state index contributed by atoms with van der Waals surface area (Å²) in [5, 5.41) is 0.737. The minimum absolute atomic E-state index is 0.0172. The minimum Gasteiger partial charge on any atom is -0.332 e. The lowest BCUT2D eigenvalue weighted by molar-refractivity contribution is 0.0606.